The third kappa shape index (κ3) is 9.24. The SMILES string of the molecule is CN[C@@H](C)C(=O)N[C@H](C(=O)NCC(=O)N1C=CN(CCc2cccs2)C(=O)[C@@H]1COCc1ccccc1)C(C)(C)C. The molecule has 0 fully saturated rings. The highest BCUT2D eigenvalue weighted by atomic mass is 32.1. The van der Waals surface area contributed by atoms with Gasteiger partial charge in [0.1, 0.15) is 12.1 Å². The smallest absolute Gasteiger partial charge is 0.252 e. The molecule has 3 atom stereocenters. The second kappa shape index (κ2) is 14.9. The summed E-state index contributed by atoms with van der Waals surface area (Å²) in [6.07, 6.45) is 3.86. The van der Waals surface area contributed by atoms with Crippen molar-refractivity contribution in [3.05, 3.63) is 70.7 Å². The van der Waals surface area contributed by atoms with Gasteiger partial charge in [0.05, 0.1) is 25.8 Å². The molecule has 0 spiro atoms. The maximum Gasteiger partial charge on any atom is 0.252 e. The number of hydrogen-bond donors (Lipinski definition) is 3. The zero-order valence-corrected chi connectivity index (χ0v) is 25.2. The van der Waals surface area contributed by atoms with Crippen LogP contribution in [0.3, 0.4) is 0 Å². The molecule has 3 rings (SSSR count). The van der Waals surface area contributed by atoms with Crippen LogP contribution in [-0.2, 0) is 36.9 Å². The van der Waals surface area contributed by atoms with E-state index in [1.54, 1.807) is 42.6 Å². The fraction of sp³-hybridized carbons (Fsp3) is 0.467. The van der Waals surface area contributed by atoms with Gasteiger partial charge in [-0.15, -0.1) is 11.3 Å². The molecule has 11 heteroatoms. The van der Waals surface area contributed by atoms with Crippen LogP contribution in [-0.4, -0.2) is 78.3 Å². The highest BCUT2D eigenvalue weighted by Gasteiger charge is 2.37. The summed E-state index contributed by atoms with van der Waals surface area (Å²) in [6.45, 7) is 7.61. The van der Waals surface area contributed by atoms with Crippen molar-refractivity contribution >= 4 is 35.0 Å². The summed E-state index contributed by atoms with van der Waals surface area (Å²) >= 11 is 1.63. The number of nitrogens with zero attached hydrogens (tertiary/aromatic N) is 2. The van der Waals surface area contributed by atoms with Gasteiger partial charge in [0.15, 0.2) is 0 Å². The molecule has 4 amide bonds. The lowest BCUT2D eigenvalue weighted by Gasteiger charge is -2.36. The molecule has 0 radical (unpaired) electrons. The monoisotopic (exact) mass is 583 g/mol. The predicted octanol–water partition coefficient (Wildman–Crippen LogP) is 2.27. The number of benzene rings is 1. The molecule has 2 heterocycles. The minimum absolute atomic E-state index is 0.00413. The van der Waals surface area contributed by atoms with Gasteiger partial charge in [0, 0.05) is 23.8 Å². The first-order chi connectivity index (χ1) is 19.5. The summed E-state index contributed by atoms with van der Waals surface area (Å²) in [7, 11) is 1.66. The van der Waals surface area contributed by atoms with Gasteiger partial charge in [0.25, 0.3) is 5.91 Å². The van der Waals surface area contributed by atoms with Crippen LogP contribution in [0.1, 0.15) is 38.1 Å². The fourth-order valence-electron chi connectivity index (χ4n) is 4.21. The zero-order valence-electron chi connectivity index (χ0n) is 24.4. The molecule has 0 saturated heterocycles. The topological polar surface area (TPSA) is 120 Å². The van der Waals surface area contributed by atoms with E-state index in [1.807, 2.05) is 68.6 Å². The maximum absolute atomic E-state index is 13.5. The lowest BCUT2D eigenvalue weighted by atomic mass is 9.86. The van der Waals surface area contributed by atoms with Gasteiger partial charge < -0.3 is 30.5 Å². The molecule has 2 aromatic rings. The number of thiophene rings is 1. The quantitative estimate of drug-likeness (QED) is 0.333. The van der Waals surface area contributed by atoms with Crippen LogP contribution in [0.4, 0.5) is 0 Å². The fourth-order valence-corrected chi connectivity index (χ4v) is 4.91. The highest BCUT2D eigenvalue weighted by molar-refractivity contribution is 7.09. The first-order valence-electron chi connectivity index (χ1n) is 13.7. The van der Waals surface area contributed by atoms with Gasteiger partial charge in [0.2, 0.25) is 17.7 Å². The van der Waals surface area contributed by atoms with Gasteiger partial charge >= 0.3 is 0 Å². The van der Waals surface area contributed by atoms with Crippen molar-refractivity contribution in [3.63, 3.8) is 0 Å². The molecule has 41 heavy (non-hydrogen) atoms. The number of likely N-dealkylation sites (N-methyl/N-ethyl adjacent to an activating group) is 1. The normalized spacial score (nSPS) is 16.8. The Bertz CT molecular complexity index is 1200. The molecule has 1 aromatic carbocycles. The first kappa shape index (κ1) is 32.0. The van der Waals surface area contributed by atoms with Crippen LogP contribution in [0.5, 0.6) is 0 Å². The number of hydrogen-bond acceptors (Lipinski definition) is 7. The average Bonchev–Trinajstić information content (AvgIpc) is 3.47. The number of rotatable bonds is 13. The summed E-state index contributed by atoms with van der Waals surface area (Å²) < 4.78 is 5.88. The molecule has 1 aromatic heterocycles. The van der Waals surface area contributed by atoms with E-state index in [-0.39, 0.29) is 25.0 Å². The largest absolute Gasteiger partial charge is 0.374 e. The van der Waals surface area contributed by atoms with Crippen LogP contribution < -0.4 is 16.0 Å². The molecule has 0 aliphatic carbocycles. The lowest BCUT2D eigenvalue weighted by Crippen LogP contribution is -2.58. The van der Waals surface area contributed by atoms with E-state index in [0.717, 1.165) is 10.4 Å². The van der Waals surface area contributed by atoms with Crippen LogP contribution in [0.2, 0.25) is 0 Å². The van der Waals surface area contributed by atoms with E-state index >= 15 is 0 Å². The van der Waals surface area contributed by atoms with E-state index in [1.165, 1.54) is 4.90 Å². The molecule has 0 unspecified atom stereocenters. The van der Waals surface area contributed by atoms with Crippen LogP contribution >= 0.6 is 11.3 Å². The minimum atomic E-state index is -0.883. The van der Waals surface area contributed by atoms with E-state index in [9.17, 15) is 19.2 Å². The van der Waals surface area contributed by atoms with Gasteiger partial charge in [-0.05, 0) is 42.8 Å². The molecule has 1 aliphatic rings. The van der Waals surface area contributed by atoms with Crippen LogP contribution in [0.25, 0.3) is 0 Å². The molecule has 3 N–H and O–H groups in total. The maximum atomic E-state index is 13.5. The Hall–Kier alpha value is -3.54. The molecule has 0 bridgehead atoms. The number of ether oxygens (including phenoxy) is 1. The second-order valence-corrected chi connectivity index (χ2v) is 12.0. The molecule has 1 aliphatic heterocycles. The van der Waals surface area contributed by atoms with Crippen LogP contribution in [0, 0.1) is 5.41 Å². The van der Waals surface area contributed by atoms with Gasteiger partial charge in [-0.25, -0.2) is 0 Å². The Labute approximate surface area is 246 Å². The van der Waals surface area contributed by atoms with Gasteiger partial charge in [-0.3, -0.25) is 19.2 Å². The van der Waals surface area contributed by atoms with Crippen molar-refractivity contribution in [2.75, 3.05) is 26.7 Å². The van der Waals surface area contributed by atoms with E-state index in [4.69, 9.17) is 4.74 Å². The Morgan fingerprint density at radius 3 is 2.41 bits per heavy atom. The lowest BCUT2D eigenvalue weighted by molar-refractivity contribution is -0.146. The standard InChI is InChI=1S/C30H41N5O5S/c1-21(31-5)27(37)33-26(30(2,3)4)28(38)32-18-25(36)35-16-15-34(14-13-23-12-9-17-41-23)29(39)24(35)20-40-19-22-10-7-6-8-11-22/h6-12,15-17,21,24,26,31H,13-14,18-20H2,1-5H3,(H,32,38)(H,33,37)/t21-,24-,26+/m0/s1. The van der Waals surface area contributed by atoms with E-state index < -0.39 is 35.4 Å². The Morgan fingerprint density at radius 2 is 1.78 bits per heavy atom. The Balaban J connectivity index is 1.69. The van der Waals surface area contributed by atoms with Gasteiger partial charge in [-0.2, -0.15) is 0 Å². The second-order valence-electron chi connectivity index (χ2n) is 11.0. The highest BCUT2D eigenvalue weighted by Crippen LogP contribution is 2.20. The average molecular weight is 584 g/mol. The summed E-state index contributed by atoms with van der Waals surface area (Å²) in [6, 6.07) is 11.3. The predicted molar refractivity (Wildman–Crippen MR) is 159 cm³/mol. The third-order valence-corrected chi connectivity index (χ3v) is 7.76. The van der Waals surface area contributed by atoms with Crippen LogP contribution in [0.15, 0.2) is 60.2 Å². The van der Waals surface area contributed by atoms with Crippen molar-refractivity contribution < 1.29 is 23.9 Å². The zero-order chi connectivity index (χ0) is 30.0. The van der Waals surface area contributed by atoms with Gasteiger partial charge in [-0.1, -0.05) is 57.2 Å². The van der Waals surface area contributed by atoms with Crippen molar-refractivity contribution in [3.8, 4) is 0 Å². The number of carbonyl (C=O) groups is 4. The molecule has 0 saturated carbocycles. The van der Waals surface area contributed by atoms with Crippen molar-refractivity contribution in [2.24, 2.45) is 5.41 Å². The molecule has 10 nitrogen and oxygen atoms in total. The molecule has 222 valence electrons. The summed E-state index contributed by atoms with van der Waals surface area (Å²) in [5, 5.41) is 10.3. The minimum Gasteiger partial charge on any atom is -0.374 e. The Kier molecular flexibility index (Phi) is 11.6. The Morgan fingerprint density at radius 1 is 1.05 bits per heavy atom. The summed E-state index contributed by atoms with van der Waals surface area (Å²) in [5.74, 6) is -1.52. The summed E-state index contributed by atoms with van der Waals surface area (Å²) in [4.78, 5) is 56.5. The van der Waals surface area contributed by atoms with Crippen molar-refractivity contribution in [1.82, 2.24) is 25.8 Å². The molecular formula is C30H41N5O5S. The van der Waals surface area contributed by atoms with E-state index in [0.29, 0.717) is 19.6 Å². The number of carbonyl (C=O) groups excluding carboxylic acids is 4. The van der Waals surface area contributed by atoms with E-state index in [2.05, 4.69) is 16.0 Å². The van der Waals surface area contributed by atoms with Crippen molar-refractivity contribution in [2.45, 2.75) is 58.8 Å². The number of nitrogens with one attached hydrogen (secondary N) is 3. The van der Waals surface area contributed by atoms with Crippen molar-refractivity contribution in [1.29, 1.82) is 0 Å². The first-order valence-corrected chi connectivity index (χ1v) is 14.6. The number of amides is 4. The molecular weight excluding hydrogens is 542 g/mol. The third-order valence-electron chi connectivity index (χ3n) is 6.82. The summed E-state index contributed by atoms with van der Waals surface area (Å²) in [5.41, 5.74) is 0.350.